The van der Waals surface area contributed by atoms with Gasteiger partial charge < -0.3 is 15.0 Å². The van der Waals surface area contributed by atoms with Crippen molar-refractivity contribution in [1.29, 1.82) is 0 Å². The highest BCUT2D eigenvalue weighted by molar-refractivity contribution is 5.75. The molecule has 2 amide bonds. The third-order valence-electron chi connectivity index (χ3n) is 4.75. The first-order valence-electron chi connectivity index (χ1n) is 8.46. The first-order chi connectivity index (χ1) is 10.9. The van der Waals surface area contributed by atoms with Crippen LogP contribution in [0.3, 0.4) is 0 Å². The molecule has 5 heteroatoms. The van der Waals surface area contributed by atoms with Crippen molar-refractivity contribution in [3.8, 4) is 0 Å². The first-order valence-corrected chi connectivity index (χ1v) is 8.46. The summed E-state index contributed by atoms with van der Waals surface area (Å²) < 4.78 is 5.97. The van der Waals surface area contributed by atoms with Crippen molar-refractivity contribution in [2.24, 2.45) is 5.92 Å². The number of piperidine rings is 1. The van der Waals surface area contributed by atoms with Gasteiger partial charge in [0.05, 0.1) is 12.7 Å². The van der Waals surface area contributed by atoms with Crippen molar-refractivity contribution in [2.75, 3.05) is 13.1 Å². The number of nitrogens with one attached hydrogen (secondary N) is 1. The first kappa shape index (κ1) is 17.7. The Morgan fingerprint density at radius 3 is 2.96 bits per heavy atom. The zero-order chi connectivity index (χ0) is 16.9. The van der Waals surface area contributed by atoms with Crippen LogP contribution in [0.25, 0.3) is 0 Å². The molecule has 0 aromatic carbocycles. The molecule has 1 atom stereocenters. The van der Waals surface area contributed by atoms with Gasteiger partial charge in [-0.25, -0.2) is 4.79 Å². The lowest BCUT2D eigenvalue weighted by molar-refractivity contribution is -0.00133. The molecule has 1 aliphatic heterocycles. The maximum atomic E-state index is 12.5. The van der Waals surface area contributed by atoms with Gasteiger partial charge in [0.15, 0.2) is 0 Å². The van der Waals surface area contributed by atoms with Gasteiger partial charge in [-0.05, 0) is 44.2 Å². The van der Waals surface area contributed by atoms with E-state index < -0.39 is 0 Å². The van der Waals surface area contributed by atoms with Crippen molar-refractivity contribution < 1.29 is 9.53 Å². The second kappa shape index (κ2) is 7.77. The Morgan fingerprint density at radius 2 is 2.30 bits per heavy atom. The maximum absolute atomic E-state index is 12.5. The van der Waals surface area contributed by atoms with Crippen molar-refractivity contribution >= 4 is 6.03 Å². The average Bonchev–Trinajstić information content (AvgIpc) is 2.53. The van der Waals surface area contributed by atoms with E-state index in [2.05, 4.69) is 38.0 Å². The molecule has 5 nitrogen and oxygen atoms in total. The van der Waals surface area contributed by atoms with E-state index in [4.69, 9.17) is 4.74 Å². The summed E-state index contributed by atoms with van der Waals surface area (Å²) in [6.07, 6.45) is 5.65. The SMILES string of the molecule is CC(C)C(C)(C)NC(=O)N1CCC[C@H](OCc2cccnc2)C1. The molecule has 0 bridgehead atoms. The second-order valence-corrected chi connectivity index (χ2v) is 7.19. The predicted molar refractivity (Wildman–Crippen MR) is 91.1 cm³/mol. The summed E-state index contributed by atoms with van der Waals surface area (Å²) >= 11 is 0. The number of urea groups is 1. The Balaban J connectivity index is 1.84. The van der Waals surface area contributed by atoms with E-state index >= 15 is 0 Å². The molecule has 0 spiro atoms. The van der Waals surface area contributed by atoms with Gasteiger partial charge in [0, 0.05) is 31.0 Å². The minimum Gasteiger partial charge on any atom is -0.372 e. The van der Waals surface area contributed by atoms with Gasteiger partial charge in [-0.1, -0.05) is 19.9 Å². The van der Waals surface area contributed by atoms with E-state index in [0.29, 0.717) is 19.1 Å². The monoisotopic (exact) mass is 319 g/mol. The molecular formula is C18H29N3O2. The second-order valence-electron chi connectivity index (χ2n) is 7.19. The molecule has 0 saturated carbocycles. The fourth-order valence-corrected chi connectivity index (χ4v) is 2.46. The smallest absolute Gasteiger partial charge is 0.317 e. The Hall–Kier alpha value is -1.62. The van der Waals surface area contributed by atoms with Crippen LogP contribution >= 0.6 is 0 Å². The number of nitrogens with zero attached hydrogens (tertiary/aromatic N) is 2. The number of aromatic nitrogens is 1. The van der Waals surface area contributed by atoms with Crippen LogP contribution in [0.4, 0.5) is 4.79 Å². The molecule has 1 aromatic rings. The number of rotatable bonds is 5. The molecule has 0 aliphatic carbocycles. The van der Waals surface area contributed by atoms with E-state index in [1.165, 1.54) is 0 Å². The Bertz CT molecular complexity index is 502. The van der Waals surface area contributed by atoms with E-state index in [1.807, 2.05) is 23.2 Å². The lowest BCUT2D eigenvalue weighted by Gasteiger charge is -2.37. The molecule has 1 fully saturated rings. The van der Waals surface area contributed by atoms with Crippen LogP contribution in [0.15, 0.2) is 24.5 Å². The molecule has 23 heavy (non-hydrogen) atoms. The fourth-order valence-electron chi connectivity index (χ4n) is 2.46. The summed E-state index contributed by atoms with van der Waals surface area (Å²) in [7, 11) is 0. The van der Waals surface area contributed by atoms with Crippen LogP contribution in [0.5, 0.6) is 0 Å². The number of hydrogen-bond acceptors (Lipinski definition) is 3. The largest absolute Gasteiger partial charge is 0.372 e. The van der Waals surface area contributed by atoms with E-state index in [1.54, 1.807) is 6.20 Å². The van der Waals surface area contributed by atoms with Crippen LogP contribution in [-0.4, -0.2) is 40.6 Å². The normalized spacial score (nSPS) is 19.0. The molecule has 1 aromatic heterocycles. The number of ether oxygens (including phenoxy) is 1. The van der Waals surface area contributed by atoms with Gasteiger partial charge in [-0.2, -0.15) is 0 Å². The molecule has 0 radical (unpaired) electrons. The van der Waals surface area contributed by atoms with Crippen molar-refractivity contribution in [2.45, 2.75) is 58.8 Å². The zero-order valence-electron chi connectivity index (χ0n) is 14.7. The third kappa shape index (κ3) is 5.20. The highest BCUT2D eigenvalue weighted by Gasteiger charge is 2.29. The summed E-state index contributed by atoms with van der Waals surface area (Å²) in [6, 6.07) is 3.93. The molecular weight excluding hydrogens is 290 g/mol. The third-order valence-corrected chi connectivity index (χ3v) is 4.75. The van der Waals surface area contributed by atoms with Gasteiger partial charge >= 0.3 is 6.03 Å². The van der Waals surface area contributed by atoms with Crippen LogP contribution in [0.2, 0.25) is 0 Å². The van der Waals surface area contributed by atoms with Crippen molar-refractivity contribution in [1.82, 2.24) is 15.2 Å². The fraction of sp³-hybridized carbons (Fsp3) is 0.667. The maximum Gasteiger partial charge on any atom is 0.317 e. The zero-order valence-corrected chi connectivity index (χ0v) is 14.7. The molecule has 128 valence electrons. The number of pyridine rings is 1. The Kier molecular flexibility index (Phi) is 5.99. The van der Waals surface area contributed by atoms with E-state index in [-0.39, 0.29) is 17.7 Å². The minimum absolute atomic E-state index is 0.0124. The number of amides is 2. The number of carbonyl (C=O) groups excluding carboxylic acids is 1. The van der Waals surface area contributed by atoms with E-state index in [9.17, 15) is 4.79 Å². The molecule has 1 N–H and O–H groups in total. The number of likely N-dealkylation sites (tertiary alicyclic amines) is 1. The summed E-state index contributed by atoms with van der Waals surface area (Å²) in [5, 5.41) is 3.14. The van der Waals surface area contributed by atoms with E-state index in [0.717, 1.165) is 24.9 Å². The lowest BCUT2D eigenvalue weighted by Crippen LogP contribution is -2.55. The highest BCUT2D eigenvalue weighted by Crippen LogP contribution is 2.18. The lowest BCUT2D eigenvalue weighted by atomic mass is 9.91. The van der Waals surface area contributed by atoms with Crippen molar-refractivity contribution in [3.05, 3.63) is 30.1 Å². The van der Waals surface area contributed by atoms with Gasteiger partial charge in [0.1, 0.15) is 0 Å². The quantitative estimate of drug-likeness (QED) is 0.906. The average molecular weight is 319 g/mol. The van der Waals surface area contributed by atoms with Crippen LogP contribution in [0.1, 0.15) is 46.1 Å². The number of carbonyl (C=O) groups is 1. The predicted octanol–water partition coefficient (Wildman–Crippen LogP) is 3.21. The minimum atomic E-state index is -0.208. The summed E-state index contributed by atoms with van der Waals surface area (Å²) in [5.74, 6) is 0.383. The summed E-state index contributed by atoms with van der Waals surface area (Å²) in [6.45, 7) is 10.4. The van der Waals surface area contributed by atoms with Gasteiger partial charge in [0.25, 0.3) is 0 Å². The van der Waals surface area contributed by atoms with Gasteiger partial charge in [0.2, 0.25) is 0 Å². The van der Waals surface area contributed by atoms with Gasteiger partial charge in [-0.3, -0.25) is 4.98 Å². The molecule has 0 unspecified atom stereocenters. The van der Waals surface area contributed by atoms with Crippen LogP contribution in [-0.2, 0) is 11.3 Å². The Labute approximate surface area is 139 Å². The Morgan fingerprint density at radius 1 is 1.52 bits per heavy atom. The van der Waals surface area contributed by atoms with Crippen LogP contribution < -0.4 is 5.32 Å². The topological polar surface area (TPSA) is 54.5 Å². The molecule has 2 heterocycles. The molecule has 1 saturated heterocycles. The molecule has 1 aliphatic rings. The molecule has 2 rings (SSSR count). The van der Waals surface area contributed by atoms with Crippen molar-refractivity contribution in [3.63, 3.8) is 0 Å². The summed E-state index contributed by atoms with van der Waals surface area (Å²) in [5.41, 5.74) is 0.857. The van der Waals surface area contributed by atoms with Gasteiger partial charge in [-0.15, -0.1) is 0 Å². The van der Waals surface area contributed by atoms with Crippen LogP contribution in [0, 0.1) is 5.92 Å². The standard InChI is InChI=1S/C18H29N3O2/c1-14(2)18(3,4)20-17(22)21-10-6-8-16(12-21)23-13-15-7-5-9-19-11-15/h5,7,9,11,14,16H,6,8,10,12-13H2,1-4H3,(H,20,22)/t16-/m0/s1. The number of hydrogen-bond donors (Lipinski definition) is 1. The summed E-state index contributed by atoms with van der Waals surface area (Å²) in [4.78, 5) is 18.5. The highest BCUT2D eigenvalue weighted by atomic mass is 16.5.